The quantitative estimate of drug-likeness (QED) is 0.800. The van der Waals surface area contributed by atoms with Crippen LogP contribution in [0, 0.1) is 18.3 Å². The van der Waals surface area contributed by atoms with Gasteiger partial charge in [-0.15, -0.1) is 0 Å². The Hall–Kier alpha value is -3.26. The van der Waals surface area contributed by atoms with E-state index in [-0.39, 0.29) is 12.5 Å². The molecule has 0 saturated heterocycles. The second kappa shape index (κ2) is 6.47. The Morgan fingerprint density at radius 2 is 2.04 bits per heavy atom. The van der Waals surface area contributed by atoms with E-state index in [4.69, 9.17) is 4.74 Å². The SMILES string of the molecule is COc1cccc(NC(=O)Cn2c(C)c(C#N)c3ccccc32)c1. The highest BCUT2D eigenvalue weighted by molar-refractivity contribution is 5.94. The van der Waals surface area contributed by atoms with Crippen molar-refractivity contribution < 1.29 is 9.53 Å². The van der Waals surface area contributed by atoms with Gasteiger partial charge in [-0.05, 0) is 25.1 Å². The molecule has 0 radical (unpaired) electrons. The van der Waals surface area contributed by atoms with Gasteiger partial charge in [0, 0.05) is 22.8 Å². The Labute approximate surface area is 140 Å². The summed E-state index contributed by atoms with van der Waals surface area (Å²) in [6.45, 7) is 2.00. The molecule has 0 saturated carbocycles. The van der Waals surface area contributed by atoms with E-state index in [1.807, 2.05) is 54.0 Å². The number of aromatic nitrogens is 1. The first-order valence-electron chi connectivity index (χ1n) is 7.56. The van der Waals surface area contributed by atoms with Crippen molar-refractivity contribution in [1.29, 1.82) is 5.26 Å². The number of anilines is 1. The first-order valence-corrected chi connectivity index (χ1v) is 7.56. The average Bonchev–Trinajstić information content (AvgIpc) is 2.86. The molecule has 0 spiro atoms. The number of ether oxygens (including phenoxy) is 1. The maximum atomic E-state index is 12.4. The lowest BCUT2D eigenvalue weighted by Crippen LogP contribution is -2.19. The first kappa shape index (κ1) is 15.6. The van der Waals surface area contributed by atoms with Gasteiger partial charge in [0.05, 0.1) is 18.2 Å². The summed E-state index contributed by atoms with van der Waals surface area (Å²) in [5, 5.41) is 13.1. The lowest BCUT2D eigenvalue weighted by Gasteiger charge is -2.10. The average molecular weight is 319 g/mol. The number of carbonyl (C=O) groups excluding carboxylic acids is 1. The van der Waals surface area contributed by atoms with E-state index in [2.05, 4.69) is 11.4 Å². The number of nitrogens with one attached hydrogen (secondary N) is 1. The van der Waals surface area contributed by atoms with E-state index in [1.54, 1.807) is 13.2 Å². The molecule has 120 valence electrons. The van der Waals surface area contributed by atoms with E-state index in [1.165, 1.54) is 0 Å². The van der Waals surface area contributed by atoms with Crippen LogP contribution in [0.1, 0.15) is 11.3 Å². The fourth-order valence-electron chi connectivity index (χ4n) is 2.82. The third-order valence-electron chi connectivity index (χ3n) is 4.00. The number of benzene rings is 2. The van der Waals surface area contributed by atoms with Gasteiger partial charge in [-0.3, -0.25) is 4.79 Å². The molecular formula is C19H17N3O2. The zero-order valence-electron chi connectivity index (χ0n) is 13.5. The minimum absolute atomic E-state index is 0.144. The summed E-state index contributed by atoms with van der Waals surface area (Å²) >= 11 is 0. The largest absolute Gasteiger partial charge is 0.497 e. The van der Waals surface area contributed by atoms with Crippen LogP contribution in [-0.4, -0.2) is 17.6 Å². The summed E-state index contributed by atoms with van der Waals surface area (Å²) in [6.07, 6.45) is 0. The highest BCUT2D eigenvalue weighted by Gasteiger charge is 2.15. The second-order valence-corrected chi connectivity index (χ2v) is 5.46. The molecule has 2 aromatic carbocycles. The second-order valence-electron chi connectivity index (χ2n) is 5.46. The molecule has 0 atom stereocenters. The number of hydrogen-bond acceptors (Lipinski definition) is 3. The number of rotatable bonds is 4. The Morgan fingerprint density at radius 1 is 1.25 bits per heavy atom. The molecule has 0 aliphatic carbocycles. The van der Waals surface area contributed by atoms with Gasteiger partial charge in [0.15, 0.2) is 0 Å². The van der Waals surface area contributed by atoms with Crippen molar-refractivity contribution >= 4 is 22.5 Å². The van der Waals surface area contributed by atoms with Gasteiger partial charge < -0.3 is 14.6 Å². The standard InChI is InChI=1S/C19H17N3O2/c1-13-17(11-20)16-8-3-4-9-18(16)22(13)12-19(23)21-14-6-5-7-15(10-14)24-2/h3-10H,12H2,1-2H3,(H,21,23). The van der Waals surface area contributed by atoms with Crippen LogP contribution in [0.4, 0.5) is 5.69 Å². The Morgan fingerprint density at radius 3 is 2.79 bits per heavy atom. The summed E-state index contributed by atoms with van der Waals surface area (Å²) in [6, 6.07) is 17.0. The van der Waals surface area contributed by atoms with Crippen LogP contribution < -0.4 is 10.1 Å². The Balaban J connectivity index is 1.88. The van der Waals surface area contributed by atoms with Crippen molar-refractivity contribution in [3.8, 4) is 11.8 Å². The molecule has 1 amide bonds. The Kier molecular flexibility index (Phi) is 4.21. The van der Waals surface area contributed by atoms with E-state index < -0.39 is 0 Å². The molecule has 5 heteroatoms. The van der Waals surface area contributed by atoms with Gasteiger partial charge in [-0.2, -0.15) is 5.26 Å². The number of para-hydroxylation sites is 1. The topological polar surface area (TPSA) is 67.0 Å². The third-order valence-corrected chi connectivity index (χ3v) is 4.00. The van der Waals surface area contributed by atoms with E-state index in [0.29, 0.717) is 17.0 Å². The third kappa shape index (κ3) is 2.82. The number of amides is 1. The molecule has 3 rings (SSSR count). The van der Waals surface area contributed by atoms with Gasteiger partial charge in [0.1, 0.15) is 18.4 Å². The number of nitrogens with zero attached hydrogens (tertiary/aromatic N) is 2. The van der Waals surface area contributed by atoms with Crippen molar-refractivity contribution in [2.75, 3.05) is 12.4 Å². The van der Waals surface area contributed by atoms with E-state index in [0.717, 1.165) is 16.6 Å². The zero-order valence-corrected chi connectivity index (χ0v) is 13.5. The van der Waals surface area contributed by atoms with Gasteiger partial charge >= 0.3 is 0 Å². The Bertz CT molecular complexity index is 951. The molecule has 0 unspecified atom stereocenters. The minimum Gasteiger partial charge on any atom is -0.497 e. The number of carbonyl (C=O) groups is 1. The smallest absolute Gasteiger partial charge is 0.244 e. The van der Waals surface area contributed by atoms with Crippen LogP contribution in [-0.2, 0) is 11.3 Å². The van der Waals surface area contributed by atoms with Crippen molar-refractivity contribution in [3.05, 3.63) is 59.8 Å². The fourth-order valence-corrected chi connectivity index (χ4v) is 2.82. The lowest BCUT2D eigenvalue weighted by molar-refractivity contribution is -0.116. The van der Waals surface area contributed by atoms with Gasteiger partial charge in [0.25, 0.3) is 0 Å². The number of fused-ring (bicyclic) bond motifs is 1. The number of nitriles is 1. The summed E-state index contributed by atoms with van der Waals surface area (Å²) in [7, 11) is 1.58. The maximum absolute atomic E-state index is 12.4. The van der Waals surface area contributed by atoms with E-state index >= 15 is 0 Å². The van der Waals surface area contributed by atoms with Crippen molar-refractivity contribution in [1.82, 2.24) is 4.57 Å². The predicted molar refractivity (Wildman–Crippen MR) is 93.0 cm³/mol. The van der Waals surface area contributed by atoms with Crippen molar-refractivity contribution in [3.63, 3.8) is 0 Å². The zero-order chi connectivity index (χ0) is 17.1. The molecular weight excluding hydrogens is 302 g/mol. The molecule has 3 aromatic rings. The van der Waals surface area contributed by atoms with Gasteiger partial charge in [0.2, 0.25) is 5.91 Å². The molecule has 1 N–H and O–H groups in total. The highest BCUT2D eigenvalue weighted by atomic mass is 16.5. The maximum Gasteiger partial charge on any atom is 0.244 e. The van der Waals surface area contributed by atoms with Gasteiger partial charge in [-0.25, -0.2) is 0 Å². The molecule has 0 aliphatic heterocycles. The molecule has 0 fully saturated rings. The summed E-state index contributed by atoms with van der Waals surface area (Å²) in [5.74, 6) is 0.527. The van der Waals surface area contributed by atoms with Gasteiger partial charge in [-0.1, -0.05) is 24.3 Å². The first-order chi connectivity index (χ1) is 11.6. The molecule has 0 aliphatic rings. The highest BCUT2D eigenvalue weighted by Crippen LogP contribution is 2.25. The molecule has 24 heavy (non-hydrogen) atoms. The fraction of sp³-hybridized carbons (Fsp3) is 0.158. The molecule has 1 aromatic heterocycles. The molecule has 5 nitrogen and oxygen atoms in total. The minimum atomic E-state index is -0.156. The van der Waals surface area contributed by atoms with Crippen LogP contribution in [0.25, 0.3) is 10.9 Å². The molecule has 0 bridgehead atoms. The van der Waals surface area contributed by atoms with Crippen LogP contribution in [0.15, 0.2) is 48.5 Å². The van der Waals surface area contributed by atoms with Crippen molar-refractivity contribution in [2.24, 2.45) is 0 Å². The predicted octanol–water partition coefficient (Wildman–Crippen LogP) is 3.47. The van der Waals surface area contributed by atoms with Crippen molar-refractivity contribution in [2.45, 2.75) is 13.5 Å². The van der Waals surface area contributed by atoms with Crippen LogP contribution >= 0.6 is 0 Å². The van der Waals surface area contributed by atoms with Crippen LogP contribution in [0.3, 0.4) is 0 Å². The number of hydrogen-bond donors (Lipinski definition) is 1. The summed E-state index contributed by atoms with van der Waals surface area (Å²) < 4.78 is 7.02. The lowest BCUT2D eigenvalue weighted by atomic mass is 10.1. The monoisotopic (exact) mass is 319 g/mol. The van der Waals surface area contributed by atoms with Crippen LogP contribution in [0.2, 0.25) is 0 Å². The summed E-state index contributed by atoms with van der Waals surface area (Å²) in [4.78, 5) is 12.4. The normalized spacial score (nSPS) is 10.4. The number of methoxy groups -OCH3 is 1. The molecule has 1 heterocycles. The summed E-state index contributed by atoms with van der Waals surface area (Å²) in [5.41, 5.74) is 2.96. The van der Waals surface area contributed by atoms with E-state index in [9.17, 15) is 10.1 Å². The van der Waals surface area contributed by atoms with Crippen LogP contribution in [0.5, 0.6) is 5.75 Å².